The molecule has 4 aromatic rings. The molecule has 2 N–H and O–H groups in total. The summed E-state index contributed by atoms with van der Waals surface area (Å²) in [6.45, 7) is 1.06. The summed E-state index contributed by atoms with van der Waals surface area (Å²) in [5.41, 5.74) is 1.84. The highest BCUT2D eigenvalue weighted by Gasteiger charge is 2.15. The molecular weight excluding hydrogens is 404 g/mol. The molecule has 0 aliphatic carbocycles. The number of rotatable bonds is 4. The summed E-state index contributed by atoms with van der Waals surface area (Å²) in [5.74, 6) is 1.14. The van der Waals surface area contributed by atoms with Crippen LogP contribution in [0.1, 0.15) is 5.69 Å². The molecule has 0 atom stereocenters. The molecule has 5 rings (SSSR count). The second kappa shape index (κ2) is 7.60. The number of ether oxygens (including phenoxy) is 2. The van der Waals surface area contributed by atoms with E-state index in [1.165, 1.54) is 11.3 Å². The molecule has 2 aromatic heterocycles. The number of nitrogens with one attached hydrogen (secondary N) is 2. The van der Waals surface area contributed by atoms with Gasteiger partial charge in [-0.15, -0.1) is 11.3 Å². The van der Waals surface area contributed by atoms with E-state index in [2.05, 4.69) is 20.5 Å². The summed E-state index contributed by atoms with van der Waals surface area (Å²) in [6, 6.07) is 12.7. The molecule has 3 heterocycles. The monoisotopic (exact) mass is 420 g/mol. The summed E-state index contributed by atoms with van der Waals surface area (Å²) < 4.78 is 11.2. The van der Waals surface area contributed by atoms with Gasteiger partial charge in [0.2, 0.25) is 5.91 Å². The molecule has 0 saturated carbocycles. The normalized spacial score (nSPS) is 12.7. The van der Waals surface area contributed by atoms with Crippen molar-refractivity contribution in [3.05, 3.63) is 63.9 Å². The van der Waals surface area contributed by atoms with Crippen molar-refractivity contribution in [3.8, 4) is 22.8 Å². The zero-order valence-electron chi connectivity index (χ0n) is 15.7. The molecular formula is C21H16N4O4S. The molecule has 0 bridgehead atoms. The van der Waals surface area contributed by atoms with Crippen LogP contribution in [-0.4, -0.2) is 34.3 Å². The Morgan fingerprint density at radius 3 is 2.77 bits per heavy atom. The second-order valence-electron chi connectivity index (χ2n) is 6.67. The number of hydrogen-bond acceptors (Lipinski definition) is 7. The minimum Gasteiger partial charge on any atom is -0.486 e. The molecule has 1 aliphatic heterocycles. The summed E-state index contributed by atoms with van der Waals surface area (Å²) in [4.78, 5) is 28.9. The molecule has 0 fully saturated rings. The largest absolute Gasteiger partial charge is 0.486 e. The lowest BCUT2D eigenvalue weighted by Crippen LogP contribution is -2.18. The molecule has 0 unspecified atom stereocenters. The average molecular weight is 420 g/mol. The molecule has 0 spiro atoms. The van der Waals surface area contributed by atoms with Gasteiger partial charge >= 0.3 is 0 Å². The number of carbonyl (C=O) groups excluding carboxylic acids is 1. The molecule has 8 nitrogen and oxygen atoms in total. The van der Waals surface area contributed by atoms with Crippen LogP contribution in [0.2, 0.25) is 0 Å². The standard InChI is InChI=1S/C21H16N4O4S/c26-19(10-15-13-3-1-2-4-14(13)20(27)25-24-15)23-21-22-16(11-30-21)12-5-6-17-18(9-12)29-8-7-28-17/h1-6,9,11H,7-8,10H2,(H,25,27)(H,22,23,26). The minimum atomic E-state index is -0.279. The molecule has 30 heavy (non-hydrogen) atoms. The number of aromatic nitrogens is 3. The first kappa shape index (κ1) is 18.3. The Labute approximate surface area is 174 Å². The maximum Gasteiger partial charge on any atom is 0.272 e. The van der Waals surface area contributed by atoms with Crippen molar-refractivity contribution < 1.29 is 14.3 Å². The van der Waals surface area contributed by atoms with Crippen molar-refractivity contribution in [1.82, 2.24) is 15.2 Å². The zero-order chi connectivity index (χ0) is 20.5. The van der Waals surface area contributed by atoms with Gasteiger partial charge in [-0.3, -0.25) is 9.59 Å². The van der Waals surface area contributed by atoms with E-state index in [1.54, 1.807) is 18.2 Å². The summed E-state index contributed by atoms with van der Waals surface area (Å²) >= 11 is 1.33. The quantitative estimate of drug-likeness (QED) is 0.526. The Morgan fingerprint density at radius 2 is 1.90 bits per heavy atom. The van der Waals surface area contributed by atoms with E-state index in [-0.39, 0.29) is 17.9 Å². The van der Waals surface area contributed by atoms with Gasteiger partial charge in [0.15, 0.2) is 16.6 Å². The lowest BCUT2D eigenvalue weighted by atomic mass is 10.1. The van der Waals surface area contributed by atoms with Gasteiger partial charge < -0.3 is 14.8 Å². The Kier molecular flexibility index (Phi) is 4.64. The lowest BCUT2D eigenvalue weighted by molar-refractivity contribution is -0.115. The molecule has 1 amide bonds. The number of nitrogens with zero attached hydrogens (tertiary/aromatic N) is 2. The van der Waals surface area contributed by atoms with Gasteiger partial charge in [0.05, 0.1) is 23.2 Å². The van der Waals surface area contributed by atoms with E-state index in [1.807, 2.05) is 29.6 Å². The fourth-order valence-corrected chi connectivity index (χ4v) is 4.02. The Bertz CT molecular complexity index is 1310. The van der Waals surface area contributed by atoms with Gasteiger partial charge in [-0.2, -0.15) is 5.10 Å². The highest BCUT2D eigenvalue weighted by Crippen LogP contribution is 2.35. The van der Waals surface area contributed by atoms with E-state index in [0.717, 1.165) is 17.0 Å². The van der Waals surface area contributed by atoms with Crippen LogP contribution < -0.4 is 20.3 Å². The van der Waals surface area contributed by atoms with Crippen molar-refractivity contribution in [1.29, 1.82) is 0 Å². The fourth-order valence-electron chi connectivity index (χ4n) is 3.29. The summed E-state index contributed by atoms with van der Waals surface area (Å²) in [7, 11) is 0. The van der Waals surface area contributed by atoms with Gasteiger partial charge in [-0.1, -0.05) is 18.2 Å². The van der Waals surface area contributed by atoms with E-state index in [0.29, 0.717) is 40.6 Å². The van der Waals surface area contributed by atoms with Crippen LogP contribution in [0.3, 0.4) is 0 Å². The number of thiazole rings is 1. The van der Waals surface area contributed by atoms with Gasteiger partial charge in [-0.05, 0) is 24.3 Å². The topological polar surface area (TPSA) is 106 Å². The molecule has 2 aromatic carbocycles. The predicted molar refractivity (Wildman–Crippen MR) is 113 cm³/mol. The van der Waals surface area contributed by atoms with Crippen LogP contribution in [0.25, 0.3) is 22.0 Å². The lowest BCUT2D eigenvalue weighted by Gasteiger charge is -2.18. The van der Waals surface area contributed by atoms with Crippen molar-refractivity contribution in [3.63, 3.8) is 0 Å². The number of benzene rings is 2. The Morgan fingerprint density at radius 1 is 1.10 bits per heavy atom. The second-order valence-corrected chi connectivity index (χ2v) is 7.52. The molecule has 0 saturated heterocycles. The molecule has 1 aliphatic rings. The maximum absolute atomic E-state index is 12.5. The van der Waals surface area contributed by atoms with E-state index >= 15 is 0 Å². The van der Waals surface area contributed by atoms with Crippen LogP contribution in [0.15, 0.2) is 52.6 Å². The third kappa shape index (κ3) is 3.50. The van der Waals surface area contributed by atoms with E-state index in [9.17, 15) is 9.59 Å². The highest BCUT2D eigenvalue weighted by molar-refractivity contribution is 7.14. The van der Waals surface area contributed by atoms with Crippen molar-refractivity contribution >= 4 is 33.1 Å². The van der Waals surface area contributed by atoms with Crippen molar-refractivity contribution in [2.45, 2.75) is 6.42 Å². The van der Waals surface area contributed by atoms with Gasteiger partial charge in [-0.25, -0.2) is 10.1 Å². The first-order valence-corrected chi connectivity index (χ1v) is 10.2. The molecule has 150 valence electrons. The third-order valence-electron chi connectivity index (χ3n) is 4.69. The SMILES string of the molecule is O=C(Cc1n[nH]c(=O)c2ccccc12)Nc1nc(-c2ccc3c(c2)OCCO3)cs1. The van der Waals surface area contributed by atoms with Crippen LogP contribution in [-0.2, 0) is 11.2 Å². The number of fused-ring (bicyclic) bond motifs is 2. The number of aromatic amines is 1. The Balaban J connectivity index is 1.33. The first-order valence-electron chi connectivity index (χ1n) is 9.29. The van der Waals surface area contributed by atoms with Crippen LogP contribution in [0.5, 0.6) is 11.5 Å². The predicted octanol–water partition coefficient (Wildman–Crippen LogP) is 3.00. The summed E-state index contributed by atoms with van der Waals surface area (Å²) in [5, 5.41) is 12.8. The number of H-pyrrole nitrogens is 1. The fraction of sp³-hybridized carbons (Fsp3) is 0.143. The van der Waals surface area contributed by atoms with Crippen LogP contribution in [0.4, 0.5) is 5.13 Å². The zero-order valence-corrected chi connectivity index (χ0v) is 16.5. The van der Waals surface area contributed by atoms with Gasteiger partial charge in [0.1, 0.15) is 13.2 Å². The van der Waals surface area contributed by atoms with Crippen LogP contribution >= 0.6 is 11.3 Å². The average Bonchev–Trinajstić information content (AvgIpc) is 3.24. The number of hydrogen-bond donors (Lipinski definition) is 2. The summed E-state index contributed by atoms with van der Waals surface area (Å²) in [6.07, 6.45) is 0.0240. The molecule has 9 heteroatoms. The smallest absolute Gasteiger partial charge is 0.272 e. The van der Waals surface area contributed by atoms with Gasteiger partial charge in [0, 0.05) is 16.3 Å². The number of anilines is 1. The number of amides is 1. The van der Waals surface area contributed by atoms with Crippen LogP contribution in [0, 0.1) is 0 Å². The first-order chi connectivity index (χ1) is 14.7. The van der Waals surface area contributed by atoms with E-state index < -0.39 is 0 Å². The van der Waals surface area contributed by atoms with Crippen molar-refractivity contribution in [2.75, 3.05) is 18.5 Å². The van der Waals surface area contributed by atoms with Crippen molar-refractivity contribution in [2.24, 2.45) is 0 Å². The minimum absolute atomic E-state index is 0.0240. The Hall–Kier alpha value is -3.72. The number of carbonyl (C=O) groups is 1. The third-order valence-corrected chi connectivity index (χ3v) is 5.45. The van der Waals surface area contributed by atoms with Gasteiger partial charge in [0.25, 0.3) is 5.56 Å². The highest BCUT2D eigenvalue weighted by atomic mass is 32.1. The molecule has 0 radical (unpaired) electrons. The maximum atomic E-state index is 12.5. The van der Waals surface area contributed by atoms with E-state index in [4.69, 9.17) is 9.47 Å².